The van der Waals surface area contributed by atoms with Crippen molar-refractivity contribution >= 4 is 34.8 Å². The first-order chi connectivity index (χ1) is 12.4. The van der Waals surface area contributed by atoms with Crippen molar-refractivity contribution in [2.75, 3.05) is 6.61 Å². The van der Waals surface area contributed by atoms with Crippen molar-refractivity contribution in [2.24, 2.45) is 0 Å². The van der Waals surface area contributed by atoms with Crippen LogP contribution in [-0.2, 0) is 11.2 Å². The number of rotatable bonds is 4. The van der Waals surface area contributed by atoms with Crippen molar-refractivity contribution in [1.29, 1.82) is 5.26 Å². The van der Waals surface area contributed by atoms with Crippen molar-refractivity contribution in [3.63, 3.8) is 0 Å². The van der Waals surface area contributed by atoms with Gasteiger partial charge in [0.15, 0.2) is 5.65 Å². The Kier molecular flexibility index (Phi) is 4.98. The van der Waals surface area contributed by atoms with E-state index in [1.807, 2.05) is 6.07 Å². The highest BCUT2D eigenvalue weighted by atomic mass is 35.5. The van der Waals surface area contributed by atoms with E-state index in [0.29, 0.717) is 16.3 Å². The van der Waals surface area contributed by atoms with E-state index < -0.39 is 5.97 Å². The number of hydrogen-bond acceptors (Lipinski definition) is 5. The number of nitrogens with one attached hydrogen (secondary N) is 1. The smallest absolute Gasteiger partial charge is 0.339 e. The summed E-state index contributed by atoms with van der Waals surface area (Å²) in [6.45, 7) is 1.65. The van der Waals surface area contributed by atoms with E-state index in [1.54, 1.807) is 6.92 Å². The number of H-pyrrole nitrogens is 1. The van der Waals surface area contributed by atoms with Gasteiger partial charge in [0.2, 0.25) is 0 Å². The van der Waals surface area contributed by atoms with Gasteiger partial charge in [0.25, 0.3) is 5.56 Å². The number of fused-ring (bicyclic) bond motifs is 1. The van der Waals surface area contributed by atoms with Gasteiger partial charge >= 0.3 is 5.97 Å². The number of esters is 1. The molecule has 0 aliphatic heterocycles. The molecule has 0 spiro atoms. The summed E-state index contributed by atoms with van der Waals surface area (Å²) in [4.78, 5) is 28.9. The Morgan fingerprint density at radius 2 is 2.19 bits per heavy atom. The molecule has 0 bridgehead atoms. The number of halogens is 2. The second-order valence-electron chi connectivity index (χ2n) is 5.45. The zero-order chi connectivity index (χ0) is 18.8. The van der Waals surface area contributed by atoms with Crippen molar-refractivity contribution < 1.29 is 9.53 Å². The minimum atomic E-state index is -0.606. The van der Waals surface area contributed by atoms with Gasteiger partial charge in [-0.3, -0.25) is 9.89 Å². The number of carbonyl (C=O) groups is 1. The molecule has 3 aromatic rings. The first-order valence-electron chi connectivity index (χ1n) is 7.54. The van der Waals surface area contributed by atoms with Gasteiger partial charge in [-0.25, -0.2) is 14.3 Å². The van der Waals surface area contributed by atoms with Crippen molar-refractivity contribution in [3.05, 3.63) is 67.2 Å². The average molecular weight is 391 g/mol. The molecular formula is C17H12Cl2N4O3. The maximum absolute atomic E-state index is 12.5. The summed E-state index contributed by atoms with van der Waals surface area (Å²) in [5, 5.41) is 12.3. The first kappa shape index (κ1) is 18.0. The maximum Gasteiger partial charge on any atom is 0.339 e. The van der Waals surface area contributed by atoms with Crippen LogP contribution in [0.15, 0.2) is 29.2 Å². The van der Waals surface area contributed by atoms with Crippen LogP contribution >= 0.6 is 23.2 Å². The Bertz CT molecular complexity index is 1110. The molecule has 132 valence electrons. The molecule has 0 saturated heterocycles. The second kappa shape index (κ2) is 7.20. The van der Waals surface area contributed by atoms with E-state index in [0.717, 1.165) is 0 Å². The summed E-state index contributed by atoms with van der Waals surface area (Å²) in [5.41, 5.74) is 1.27. The Balaban J connectivity index is 1.77. The van der Waals surface area contributed by atoms with Gasteiger partial charge < -0.3 is 4.74 Å². The predicted octanol–water partition coefficient (Wildman–Crippen LogP) is 2.91. The second-order valence-corrected chi connectivity index (χ2v) is 6.29. The van der Waals surface area contributed by atoms with Crippen LogP contribution in [0.1, 0.15) is 27.2 Å². The number of nitriles is 1. The quantitative estimate of drug-likeness (QED) is 0.690. The Morgan fingerprint density at radius 1 is 1.42 bits per heavy atom. The highest BCUT2D eigenvalue weighted by molar-refractivity contribution is 6.36. The largest absolute Gasteiger partial charge is 0.462 e. The molecule has 0 saturated carbocycles. The fraction of sp³-hybridized carbons (Fsp3) is 0.176. The molecule has 0 unspecified atom stereocenters. The molecule has 9 heteroatoms. The summed E-state index contributed by atoms with van der Waals surface area (Å²) in [5.74, 6) is -0.606. The van der Waals surface area contributed by atoms with Crippen LogP contribution in [0.4, 0.5) is 0 Å². The standard InChI is InChI=1S/C17H12Cl2N4O3/c1-9-12(16(24)23-15(22-9)10(7-20)8-21-23)4-5-26-17(25)13-3-2-11(18)6-14(13)19/h2-3,6,8,21H,4-5H2,1H3. The molecule has 1 N–H and O–H groups in total. The number of ether oxygens (including phenoxy) is 1. The molecule has 2 heterocycles. The van der Waals surface area contributed by atoms with Gasteiger partial charge in [0.05, 0.1) is 17.2 Å². The topological polar surface area (TPSA) is 100 Å². The molecule has 0 fully saturated rings. The van der Waals surface area contributed by atoms with Gasteiger partial charge in [0.1, 0.15) is 11.6 Å². The number of hydrogen-bond donors (Lipinski definition) is 1. The third-order valence-electron chi connectivity index (χ3n) is 3.82. The molecule has 3 rings (SSSR count). The van der Waals surface area contributed by atoms with Crippen LogP contribution in [0.5, 0.6) is 0 Å². The van der Waals surface area contributed by atoms with E-state index in [4.69, 9.17) is 33.2 Å². The van der Waals surface area contributed by atoms with Crippen LogP contribution in [0, 0.1) is 18.3 Å². The number of benzene rings is 1. The number of nitrogens with zero attached hydrogens (tertiary/aromatic N) is 3. The van der Waals surface area contributed by atoms with Crippen LogP contribution in [0.25, 0.3) is 5.65 Å². The van der Waals surface area contributed by atoms with Crippen LogP contribution in [0.3, 0.4) is 0 Å². The van der Waals surface area contributed by atoms with Gasteiger partial charge in [-0.2, -0.15) is 5.26 Å². The molecule has 1 aromatic carbocycles. The van der Waals surface area contributed by atoms with Gasteiger partial charge in [-0.1, -0.05) is 23.2 Å². The van der Waals surface area contributed by atoms with Gasteiger partial charge in [0, 0.05) is 28.9 Å². The first-order valence-corrected chi connectivity index (χ1v) is 8.30. The molecule has 2 aromatic heterocycles. The Morgan fingerprint density at radius 3 is 2.88 bits per heavy atom. The normalized spacial score (nSPS) is 10.7. The average Bonchev–Trinajstić information content (AvgIpc) is 3.00. The van der Waals surface area contributed by atoms with Crippen molar-refractivity contribution in [3.8, 4) is 6.07 Å². The van der Waals surface area contributed by atoms with E-state index in [1.165, 1.54) is 28.9 Å². The van der Waals surface area contributed by atoms with Crippen molar-refractivity contribution in [1.82, 2.24) is 14.6 Å². The number of aryl methyl sites for hydroxylation is 1. The zero-order valence-corrected chi connectivity index (χ0v) is 15.1. The summed E-state index contributed by atoms with van der Waals surface area (Å²) >= 11 is 11.8. The number of carbonyl (C=O) groups excluding carboxylic acids is 1. The SMILES string of the molecule is Cc1nc2c(C#N)c[nH]n2c(=O)c1CCOC(=O)c1ccc(Cl)cc1Cl. The lowest BCUT2D eigenvalue weighted by atomic mass is 10.2. The molecule has 0 aliphatic carbocycles. The van der Waals surface area contributed by atoms with Crippen LogP contribution in [-0.4, -0.2) is 27.2 Å². The minimum absolute atomic E-state index is 0.0204. The summed E-state index contributed by atoms with van der Waals surface area (Å²) < 4.78 is 6.39. The Labute approximate surface area is 157 Å². The van der Waals surface area contributed by atoms with E-state index >= 15 is 0 Å². The highest BCUT2D eigenvalue weighted by Gasteiger charge is 2.16. The third-order valence-corrected chi connectivity index (χ3v) is 4.37. The molecule has 7 nitrogen and oxygen atoms in total. The minimum Gasteiger partial charge on any atom is -0.462 e. The van der Waals surface area contributed by atoms with Crippen LogP contribution in [0.2, 0.25) is 10.0 Å². The van der Waals surface area contributed by atoms with Gasteiger partial charge in [-0.05, 0) is 25.1 Å². The van der Waals surface area contributed by atoms with E-state index in [-0.39, 0.29) is 40.4 Å². The lowest BCUT2D eigenvalue weighted by Crippen LogP contribution is -2.23. The fourth-order valence-corrected chi connectivity index (χ4v) is 2.99. The summed E-state index contributed by atoms with van der Waals surface area (Å²) in [6.07, 6.45) is 1.59. The summed E-state index contributed by atoms with van der Waals surface area (Å²) in [7, 11) is 0. The highest BCUT2D eigenvalue weighted by Crippen LogP contribution is 2.21. The fourth-order valence-electron chi connectivity index (χ4n) is 2.50. The third kappa shape index (κ3) is 3.29. The molecule has 26 heavy (non-hydrogen) atoms. The molecular weight excluding hydrogens is 379 g/mol. The number of aromatic nitrogens is 3. The molecule has 0 aliphatic rings. The van der Waals surface area contributed by atoms with Crippen molar-refractivity contribution in [2.45, 2.75) is 13.3 Å². The maximum atomic E-state index is 12.5. The predicted molar refractivity (Wildman–Crippen MR) is 95.7 cm³/mol. The molecule has 0 atom stereocenters. The monoisotopic (exact) mass is 390 g/mol. The number of aromatic amines is 1. The lowest BCUT2D eigenvalue weighted by molar-refractivity contribution is 0.0509. The van der Waals surface area contributed by atoms with Gasteiger partial charge in [-0.15, -0.1) is 0 Å². The molecule has 0 amide bonds. The zero-order valence-electron chi connectivity index (χ0n) is 13.5. The van der Waals surface area contributed by atoms with E-state index in [9.17, 15) is 9.59 Å². The molecule has 0 radical (unpaired) electrons. The lowest BCUT2D eigenvalue weighted by Gasteiger charge is -2.08. The Hall–Kier alpha value is -2.82. The van der Waals surface area contributed by atoms with E-state index in [2.05, 4.69) is 10.1 Å². The van der Waals surface area contributed by atoms with Crippen LogP contribution < -0.4 is 5.56 Å². The summed E-state index contributed by atoms with van der Waals surface area (Å²) in [6, 6.07) is 6.43.